The third-order valence-electron chi connectivity index (χ3n) is 2.00. The molecule has 0 saturated carbocycles. The first-order valence-electron chi connectivity index (χ1n) is 4.45. The van der Waals surface area contributed by atoms with Gasteiger partial charge in [0.15, 0.2) is 0 Å². The molecule has 1 aromatic rings. The molecule has 1 aromatic carbocycles. The summed E-state index contributed by atoms with van der Waals surface area (Å²) in [7, 11) is 1.67. The van der Waals surface area contributed by atoms with Crippen LogP contribution in [0.15, 0.2) is 28.7 Å². The molecule has 0 saturated heterocycles. The Hall–Kier alpha value is -0.420. The number of hydrogen-bond donors (Lipinski definition) is 2. The lowest BCUT2D eigenvalue weighted by Crippen LogP contribution is -2.40. The largest absolute Gasteiger partial charge is 0.383 e. The Morgan fingerprint density at radius 3 is 2.57 bits per heavy atom. The van der Waals surface area contributed by atoms with Crippen LogP contribution >= 0.6 is 15.9 Å². The lowest BCUT2D eigenvalue weighted by molar-refractivity contribution is 0.166. The molecule has 1 atom stereocenters. The van der Waals surface area contributed by atoms with Gasteiger partial charge in [-0.1, -0.05) is 28.1 Å². The first-order chi connectivity index (χ1) is 6.76. The number of nitrogens with one attached hydrogen (secondary N) is 1. The predicted octanol–water partition coefficient (Wildman–Crippen LogP) is 1.47. The van der Waals surface area contributed by atoms with E-state index >= 15 is 0 Å². The van der Waals surface area contributed by atoms with Gasteiger partial charge in [0.05, 0.1) is 6.61 Å². The maximum absolute atomic E-state index is 5.40. The van der Waals surface area contributed by atoms with Gasteiger partial charge in [-0.25, -0.2) is 0 Å². The number of halogens is 1. The number of rotatable bonds is 5. The molecule has 0 aliphatic heterocycles. The van der Waals surface area contributed by atoms with Gasteiger partial charge in [-0.2, -0.15) is 0 Å². The van der Waals surface area contributed by atoms with Crippen LogP contribution in [0.1, 0.15) is 5.56 Å². The number of ether oxygens (including phenoxy) is 1. The Morgan fingerprint density at radius 1 is 1.43 bits per heavy atom. The molecule has 14 heavy (non-hydrogen) atoms. The average molecular weight is 259 g/mol. The summed E-state index contributed by atoms with van der Waals surface area (Å²) >= 11 is 3.39. The van der Waals surface area contributed by atoms with Crippen LogP contribution in [0.3, 0.4) is 0 Å². The van der Waals surface area contributed by atoms with E-state index in [4.69, 9.17) is 10.6 Å². The second-order valence-corrected chi connectivity index (χ2v) is 4.07. The summed E-state index contributed by atoms with van der Waals surface area (Å²) in [4.78, 5) is 0. The fraction of sp³-hybridized carbons (Fsp3) is 0.400. The van der Waals surface area contributed by atoms with Gasteiger partial charge in [-0.3, -0.25) is 11.3 Å². The van der Waals surface area contributed by atoms with E-state index in [1.54, 1.807) is 7.11 Å². The maximum atomic E-state index is 5.40. The lowest BCUT2D eigenvalue weighted by atomic mass is 10.1. The number of hydrazine groups is 1. The molecule has 0 aliphatic rings. The molecule has 0 spiro atoms. The Morgan fingerprint density at radius 2 is 2.07 bits per heavy atom. The van der Waals surface area contributed by atoms with E-state index in [1.165, 1.54) is 5.56 Å². The molecule has 0 amide bonds. The second kappa shape index (κ2) is 6.14. The molecule has 3 nitrogen and oxygen atoms in total. The van der Waals surface area contributed by atoms with Gasteiger partial charge in [-0.05, 0) is 24.1 Å². The minimum Gasteiger partial charge on any atom is -0.383 e. The van der Waals surface area contributed by atoms with Crippen molar-refractivity contribution in [2.24, 2.45) is 5.84 Å². The fourth-order valence-electron chi connectivity index (χ4n) is 1.27. The van der Waals surface area contributed by atoms with Crippen LogP contribution in [0.2, 0.25) is 0 Å². The summed E-state index contributed by atoms with van der Waals surface area (Å²) in [6, 6.07) is 8.36. The van der Waals surface area contributed by atoms with E-state index < -0.39 is 0 Å². The SMILES string of the molecule is COCC(Cc1ccc(Br)cc1)NN. The molecular weight excluding hydrogens is 244 g/mol. The van der Waals surface area contributed by atoms with Crippen molar-refractivity contribution in [2.45, 2.75) is 12.5 Å². The predicted molar refractivity (Wildman–Crippen MR) is 60.8 cm³/mol. The number of methoxy groups -OCH3 is 1. The van der Waals surface area contributed by atoms with Gasteiger partial charge >= 0.3 is 0 Å². The van der Waals surface area contributed by atoms with Crippen LogP contribution in [0.5, 0.6) is 0 Å². The van der Waals surface area contributed by atoms with Crippen molar-refractivity contribution >= 4 is 15.9 Å². The molecule has 78 valence electrons. The zero-order chi connectivity index (χ0) is 10.4. The molecule has 0 radical (unpaired) electrons. The van der Waals surface area contributed by atoms with E-state index in [2.05, 4.69) is 33.5 Å². The minimum absolute atomic E-state index is 0.168. The van der Waals surface area contributed by atoms with Crippen LogP contribution < -0.4 is 11.3 Å². The van der Waals surface area contributed by atoms with E-state index in [0.29, 0.717) is 6.61 Å². The van der Waals surface area contributed by atoms with Gasteiger partial charge in [0.2, 0.25) is 0 Å². The molecule has 0 fully saturated rings. The topological polar surface area (TPSA) is 47.3 Å². The summed E-state index contributed by atoms with van der Waals surface area (Å²) in [6.07, 6.45) is 0.873. The van der Waals surface area contributed by atoms with Crippen LogP contribution in [-0.2, 0) is 11.2 Å². The smallest absolute Gasteiger partial charge is 0.0632 e. The third-order valence-corrected chi connectivity index (χ3v) is 2.53. The molecule has 1 unspecified atom stereocenters. The van der Waals surface area contributed by atoms with Crippen LogP contribution in [0, 0.1) is 0 Å². The summed E-state index contributed by atoms with van der Waals surface area (Å²) in [5.74, 6) is 5.40. The van der Waals surface area contributed by atoms with Crippen LogP contribution in [0.4, 0.5) is 0 Å². The van der Waals surface area contributed by atoms with Crippen molar-refractivity contribution in [1.29, 1.82) is 0 Å². The second-order valence-electron chi connectivity index (χ2n) is 3.15. The molecule has 4 heteroatoms. The minimum atomic E-state index is 0.168. The van der Waals surface area contributed by atoms with Crippen molar-refractivity contribution in [2.75, 3.05) is 13.7 Å². The molecule has 1 rings (SSSR count). The van der Waals surface area contributed by atoms with Crippen molar-refractivity contribution < 1.29 is 4.74 Å². The van der Waals surface area contributed by atoms with Crippen molar-refractivity contribution in [3.8, 4) is 0 Å². The number of hydrogen-bond acceptors (Lipinski definition) is 3. The summed E-state index contributed by atoms with van der Waals surface area (Å²) in [5, 5.41) is 0. The standard InChI is InChI=1S/C10H15BrN2O/c1-14-7-10(13-12)6-8-2-4-9(11)5-3-8/h2-5,10,13H,6-7,12H2,1H3. The van der Waals surface area contributed by atoms with E-state index in [0.717, 1.165) is 10.9 Å². The highest BCUT2D eigenvalue weighted by Crippen LogP contribution is 2.11. The highest BCUT2D eigenvalue weighted by Gasteiger charge is 2.06. The Bertz CT molecular complexity index is 263. The first kappa shape index (κ1) is 11.7. The highest BCUT2D eigenvalue weighted by atomic mass is 79.9. The molecule has 0 heterocycles. The summed E-state index contributed by atoms with van der Waals surface area (Å²) < 4.78 is 6.13. The molecule has 0 aliphatic carbocycles. The highest BCUT2D eigenvalue weighted by molar-refractivity contribution is 9.10. The molecule has 0 bridgehead atoms. The van der Waals surface area contributed by atoms with E-state index in [-0.39, 0.29) is 6.04 Å². The van der Waals surface area contributed by atoms with Gasteiger partial charge < -0.3 is 4.74 Å². The summed E-state index contributed by atoms with van der Waals surface area (Å²) in [5.41, 5.74) is 3.97. The first-order valence-corrected chi connectivity index (χ1v) is 5.25. The molecule has 3 N–H and O–H groups in total. The van der Waals surface area contributed by atoms with Crippen molar-refractivity contribution in [3.63, 3.8) is 0 Å². The van der Waals surface area contributed by atoms with E-state index in [1.807, 2.05) is 12.1 Å². The summed E-state index contributed by atoms with van der Waals surface area (Å²) in [6.45, 7) is 0.618. The average Bonchev–Trinajstić information content (AvgIpc) is 2.20. The number of nitrogens with two attached hydrogens (primary N) is 1. The van der Waals surface area contributed by atoms with Gasteiger partial charge in [0.1, 0.15) is 0 Å². The monoisotopic (exact) mass is 258 g/mol. The van der Waals surface area contributed by atoms with Crippen molar-refractivity contribution in [3.05, 3.63) is 34.3 Å². The van der Waals surface area contributed by atoms with Gasteiger partial charge in [0.25, 0.3) is 0 Å². The zero-order valence-electron chi connectivity index (χ0n) is 8.16. The fourth-order valence-corrected chi connectivity index (χ4v) is 1.54. The normalized spacial score (nSPS) is 12.8. The Balaban J connectivity index is 2.53. The third kappa shape index (κ3) is 3.75. The van der Waals surface area contributed by atoms with Crippen LogP contribution in [0.25, 0.3) is 0 Å². The number of benzene rings is 1. The van der Waals surface area contributed by atoms with Crippen molar-refractivity contribution in [1.82, 2.24) is 5.43 Å². The van der Waals surface area contributed by atoms with Gasteiger partial charge in [0, 0.05) is 17.6 Å². The lowest BCUT2D eigenvalue weighted by Gasteiger charge is -2.14. The van der Waals surface area contributed by atoms with Crippen LogP contribution in [-0.4, -0.2) is 19.8 Å². The van der Waals surface area contributed by atoms with E-state index in [9.17, 15) is 0 Å². The molecular formula is C10H15BrN2O. The Labute approximate surface area is 92.7 Å². The maximum Gasteiger partial charge on any atom is 0.0632 e. The molecule has 0 aromatic heterocycles. The van der Waals surface area contributed by atoms with Gasteiger partial charge in [-0.15, -0.1) is 0 Å². The Kier molecular flexibility index (Phi) is 5.11. The quantitative estimate of drug-likeness (QED) is 0.621. The zero-order valence-corrected chi connectivity index (χ0v) is 9.75.